The Bertz CT molecular complexity index is 343. The van der Waals surface area contributed by atoms with Crippen LogP contribution in [0.2, 0.25) is 0 Å². The SMILES string of the molecule is FC(F)(F)CN1CCC(NCc2ncn[nH]2)CC1. The van der Waals surface area contributed by atoms with E-state index in [2.05, 4.69) is 20.5 Å². The maximum absolute atomic E-state index is 12.2. The normalized spacial score (nSPS) is 19.3. The number of hydrogen-bond acceptors (Lipinski definition) is 4. The maximum atomic E-state index is 12.2. The molecule has 0 aromatic carbocycles. The van der Waals surface area contributed by atoms with Crippen molar-refractivity contribution in [3.8, 4) is 0 Å². The number of nitrogens with one attached hydrogen (secondary N) is 2. The molecular formula is C10H16F3N5. The number of alkyl halides is 3. The summed E-state index contributed by atoms with van der Waals surface area (Å²) in [5.74, 6) is 0.743. The minimum absolute atomic E-state index is 0.250. The number of nitrogens with zero attached hydrogens (tertiary/aromatic N) is 3. The maximum Gasteiger partial charge on any atom is 0.401 e. The van der Waals surface area contributed by atoms with Crippen LogP contribution in [0.15, 0.2) is 6.33 Å². The highest BCUT2D eigenvalue weighted by Gasteiger charge is 2.32. The minimum Gasteiger partial charge on any atom is -0.307 e. The molecule has 1 aliphatic heterocycles. The van der Waals surface area contributed by atoms with Gasteiger partial charge in [-0.15, -0.1) is 0 Å². The summed E-state index contributed by atoms with van der Waals surface area (Å²) in [6.07, 6.45) is -1.21. The van der Waals surface area contributed by atoms with Crippen LogP contribution in [0.3, 0.4) is 0 Å². The lowest BCUT2D eigenvalue weighted by molar-refractivity contribution is -0.148. The summed E-state index contributed by atoms with van der Waals surface area (Å²) >= 11 is 0. The molecule has 1 aromatic rings. The quantitative estimate of drug-likeness (QED) is 0.848. The zero-order valence-electron chi connectivity index (χ0n) is 9.87. The molecule has 0 saturated carbocycles. The van der Waals surface area contributed by atoms with Gasteiger partial charge in [-0.2, -0.15) is 18.3 Å². The van der Waals surface area contributed by atoms with Gasteiger partial charge in [0, 0.05) is 6.04 Å². The van der Waals surface area contributed by atoms with Crippen LogP contribution in [-0.4, -0.2) is 51.9 Å². The Morgan fingerprint density at radius 2 is 2.11 bits per heavy atom. The van der Waals surface area contributed by atoms with Crippen LogP contribution in [0.25, 0.3) is 0 Å². The first-order valence-electron chi connectivity index (χ1n) is 5.90. The van der Waals surface area contributed by atoms with Gasteiger partial charge < -0.3 is 5.32 Å². The fourth-order valence-corrected chi connectivity index (χ4v) is 2.11. The molecule has 5 nitrogen and oxygen atoms in total. The summed E-state index contributed by atoms with van der Waals surface area (Å²) in [5.41, 5.74) is 0. The van der Waals surface area contributed by atoms with Crippen molar-refractivity contribution in [2.24, 2.45) is 0 Å². The van der Waals surface area contributed by atoms with Crippen LogP contribution < -0.4 is 5.32 Å². The monoisotopic (exact) mass is 263 g/mol. The van der Waals surface area contributed by atoms with Crippen LogP contribution >= 0.6 is 0 Å². The van der Waals surface area contributed by atoms with Crippen molar-refractivity contribution in [1.29, 1.82) is 0 Å². The smallest absolute Gasteiger partial charge is 0.307 e. The molecule has 0 unspecified atom stereocenters. The van der Waals surface area contributed by atoms with Crippen molar-refractivity contribution in [3.63, 3.8) is 0 Å². The second-order valence-electron chi connectivity index (χ2n) is 4.48. The summed E-state index contributed by atoms with van der Waals surface area (Å²) in [7, 11) is 0. The predicted molar refractivity (Wildman–Crippen MR) is 58.7 cm³/mol. The lowest BCUT2D eigenvalue weighted by Gasteiger charge is -2.32. The van der Waals surface area contributed by atoms with Crippen LogP contribution in [0.1, 0.15) is 18.7 Å². The van der Waals surface area contributed by atoms with Gasteiger partial charge >= 0.3 is 6.18 Å². The fourth-order valence-electron chi connectivity index (χ4n) is 2.11. The molecule has 2 heterocycles. The molecule has 0 aliphatic carbocycles. The average Bonchev–Trinajstić information content (AvgIpc) is 2.79. The van der Waals surface area contributed by atoms with Gasteiger partial charge in [-0.05, 0) is 25.9 Å². The number of hydrogen-bond donors (Lipinski definition) is 2. The van der Waals surface area contributed by atoms with Gasteiger partial charge in [-0.3, -0.25) is 10.00 Å². The third-order valence-electron chi connectivity index (χ3n) is 3.01. The number of aromatic amines is 1. The third kappa shape index (κ3) is 4.26. The van der Waals surface area contributed by atoms with E-state index in [4.69, 9.17) is 0 Å². The zero-order chi connectivity index (χ0) is 13.0. The largest absolute Gasteiger partial charge is 0.401 e. The summed E-state index contributed by atoms with van der Waals surface area (Å²) in [5, 5.41) is 9.73. The first kappa shape index (κ1) is 13.3. The van der Waals surface area contributed by atoms with E-state index in [9.17, 15) is 13.2 Å². The van der Waals surface area contributed by atoms with Gasteiger partial charge in [-0.1, -0.05) is 0 Å². The molecule has 1 aromatic heterocycles. The van der Waals surface area contributed by atoms with Gasteiger partial charge in [-0.25, -0.2) is 4.98 Å². The van der Waals surface area contributed by atoms with Crippen LogP contribution in [0.5, 0.6) is 0 Å². The third-order valence-corrected chi connectivity index (χ3v) is 3.01. The second kappa shape index (κ2) is 5.66. The summed E-state index contributed by atoms with van der Waals surface area (Å²) in [6.45, 7) is 0.729. The molecule has 0 spiro atoms. The number of aromatic nitrogens is 3. The Morgan fingerprint density at radius 1 is 1.39 bits per heavy atom. The molecule has 8 heteroatoms. The molecule has 0 amide bonds. The number of halogens is 3. The van der Waals surface area contributed by atoms with E-state index in [1.165, 1.54) is 11.2 Å². The lowest BCUT2D eigenvalue weighted by Crippen LogP contribution is -2.45. The lowest BCUT2D eigenvalue weighted by atomic mass is 10.1. The topological polar surface area (TPSA) is 56.8 Å². The van der Waals surface area contributed by atoms with Crippen LogP contribution in [-0.2, 0) is 6.54 Å². The van der Waals surface area contributed by atoms with Gasteiger partial charge in [0.05, 0.1) is 13.1 Å². The number of rotatable bonds is 4. The van der Waals surface area contributed by atoms with E-state index in [-0.39, 0.29) is 6.04 Å². The number of likely N-dealkylation sites (tertiary alicyclic amines) is 1. The molecule has 1 saturated heterocycles. The molecule has 0 radical (unpaired) electrons. The molecule has 0 bridgehead atoms. The summed E-state index contributed by atoms with van der Waals surface area (Å²) in [6, 6.07) is 0.250. The van der Waals surface area contributed by atoms with E-state index in [1.807, 2.05) is 0 Å². The molecule has 2 rings (SSSR count). The minimum atomic E-state index is -4.10. The van der Waals surface area contributed by atoms with Crippen LogP contribution in [0.4, 0.5) is 13.2 Å². The Morgan fingerprint density at radius 3 is 2.67 bits per heavy atom. The van der Waals surface area contributed by atoms with E-state index >= 15 is 0 Å². The summed E-state index contributed by atoms with van der Waals surface area (Å²) in [4.78, 5) is 5.43. The Hall–Kier alpha value is -1.15. The van der Waals surface area contributed by atoms with E-state index < -0.39 is 12.7 Å². The predicted octanol–water partition coefficient (Wildman–Crippen LogP) is 0.921. The van der Waals surface area contributed by atoms with Crippen LogP contribution in [0, 0.1) is 0 Å². The van der Waals surface area contributed by atoms with Gasteiger partial charge in [0.1, 0.15) is 12.2 Å². The fraction of sp³-hybridized carbons (Fsp3) is 0.800. The van der Waals surface area contributed by atoms with Crippen molar-refractivity contribution < 1.29 is 13.2 Å². The van der Waals surface area contributed by atoms with Crippen molar-refractivity contribution in [2.75, 3.05) is 19.6 Å². The molecule has 1 aliphatic rings. The molecule has 1 fully saturated rings. The number of H-pyrrole nitrogens is 1. The second-order valence-corrected chi connectivity index (χ2v) is 4.48. The molecule has 102 valence electrons. The van der Waals surface area contributed by atoms with E-state index in [0.29, 0.717) is 19.6 Å². The average molecular weight is 263 g/mol. The van der Waals surface area contributed by atoms with Crippen molar-refractivity contribution in [3.05, 3.63) is 12.2 Å². The highest BCUT2D eigenvalue weighted by Crippen LogP contribution is 2.19. The molecule has 2 N–H and O–H groups in total. The Labute approximate surface area is 103 Å². The van der Waals surface area contributed by atoms with E-state index in [0.717, 1.165) is 18.7 Å². The Kier molecular flexibility index (Phi) is 4.18. The first-order valence-corrected chi connectivity index (χ1v) is 5.90. The van der Waals surface area contributed by atoms with Gasteiger partial charge in [0.2, 0.25) is 0 Å². The van der Waals surface area contributed by atoms with Crippen molar-refractivity contribution in [1.82, 2.24) is 25.4 Å². The summed E-state index contributed by atoms with van der Waals surface area (Å²) < 4.78 is 36.6. The standard InChI is InChI=1S/C10H16F3N5/c11-10(12,13)6-18-3-1-8(2-4-18)14-5-9-15-7-16-17-9/h7-8,14H,1-6H2,(H,15,16,17). The van der Waals surface area contributed by atoms with E-state index in [1.54, 1.807) is 0 Å². The van der Waals surface area contributed by atoms with Crippen molar-refractivity contribution in [2.45, 2.75) is 31.6 Å². The highest BCUT2D eigenvalue weighted by atomic mass is 19.4. The molecular weight excluding hydrogens is 247 g/mol. The highest BCUT2D eigenvalue weighted by molar-refractivity contribution is 4.83. The van der Waals surface area contributed by atoms with Crippen molar-refractivity contribution >= 4 is 0 Å². The number of piperidine rings is 1. The zero-order valence-corrected chi connectivity index (χ0v) is 9.87. The van der Waals surface area contributed by atoms with Gasteiger partial charge in [0.25, 0.3) is 0 Å². The Balaban J connectivity index is 1.67. The first-order chi connectivity index (χ1) is 8.53. The molecule has 18 heavy (non-hydrogen) atoms. The van der Waals surface area contributed by atoms with Gasteiger partial charge in [0.15, 0.2) is 0 Å². The molecule has 0 atom stereocenters.